The van der Waals surface area contributed by atoms with Gasteiger partial charge >= 0.3 is 5.97 Å². The zero-order valence-corrected chi connectivity index (χ0v) is 31.1. The molecule has 1 aromatic carbocycles. The topological polar surface area (TPSA) is 149 Å². The first-order valence-corrected chi connectivity index (χ1v) is 20.5. The van der Waals surface area contributed by atoms with Crippen LogP contribution in [0, 0.1) is 28.6 Å². The molecule has 52 heavy (non-hydrogen) atoms. The van der Waals surface area contributed by atoms with Gasteiger partial charge in [-0.15, -0.1) is 6.58 Å². The molecular formula is C40H51N3O8S. The molecule has 7 rings (SSSR count). The summed E-state index contributed by atoms with van der Waals surface area (Å²) in [5, 5.41) is 1.23. The van der Waals surface area contributed by atoms with Gasteiger partial charge in [-0.3, -0.25) is 23.9 Å². The van der Waals surface area contributed by atoms with Crippen molar-refractivity contribution in [3.63, 3.8) is 0 Å². The number of pyridine rings is 1. The second-order valence-electron chi connectivity index (χ2n) is 16.7. The molecule has 3 saturated carbocycles. The van der Waals surface area contributed by atoms with E-state index in [9.17, 15) is 27.6 Å². The Morgan fingerprint density at radius 2 is 1.87 bits per heavy atom. The average Bonchev–Trinajstić information content (AvgIpc) is 3.98. The maximum atomic E-state index is 14.7. The Bertz CT molecular complexity index is 1870. The minimum absolute atomic E-state index is 0.0224. The highest BCUT2D eigenvalue weighted by atomic mass is 32.2. The number of Topliss-reactive ketones (excluding diaryl/α,β-unsaturated/α-hetero) is 1. The van der Waals surface area contributed by atoms with Gasteiger partial charge in [0.15, 0.2) is 5.78 Å². The van der Waals surface area contributed by atoms with Crippen molar-refractivity contribution in [3.8, 4) is 5.88 Å². The molecule has 1 aromatic heterocycles. The van der Waals surface area contributed by atoms with E-state index in [2.05, 4.69) is 42.3 Å². The lowest BCUT2D eigenvalue weighted by molar-refractivity contribution is -0.153. The fraction of sp³-hybridized carbons (Fsp3) is 0.625. The number of rotatable bonds is 8. The molecule has 3 aliphatic carbocycles. The lowest BCUT2D eigenvalue weighted by Crippen LogP contribution is -2.47. The van der Waals surface area contributed by atoms with E-state index >= 15 is 0 Å². The van der Waals surface area contributed by atoms with Gasteiger partial charge in [-0.1, -0.05) is 44.9 Å². The fourth-order valence-corrected chi connectivity index (χ4v) is 10.1. The maximum absolute atomic E-state index is 14.7. The largest absolute Gasteiger partial charge is 0.472 e. The molecule has 2 aromatic rings. The number of amides is 2. The van der Waals surface area contributed by atoms with Crippen molar-refractivity contribution in [1.29, 1.82) is 0 Å². The SMILES string of the molecule is C=C[C@@H]1C[C@]1(CC(=O)[C@@H]1C[C@@H]2CN1C(=O)[C@H](C1CCCC1)CC(=O)OCC(C)(C)CCCc1ccc3ccnc(c3c1)O2)C(=O)NS(=O)(=O)C1CC1. The van der Waals surface area contributed by atoms with Crippen molar-refractivity contribution >= 4 is 44.4 Å². The number of carbonyl (C=O) groups is 4. The molecule has 11 nitrogen and oxygen atoms in total. The van der Waals surface area contributed by atoms with Crippen LogP contribution in [-0.4, -0.2) is 72.4 Å². The third kappa shape index (κ3) is 7.63. The number of aryl methyl sites for hydroxylation is 1. The van der Waals surface area contributed by atoms with Crippen molar-refractivity contribution < 1.29 is 37.1 Å². The van der Waals surface area contributed by atoms with E-state index in [1.165, 1.54) is 0 Å². The van der Waals surface area contributed by atoms with Crippen LogP contribution in [0.3, 0.4) is 0 Å². The monoisotopic (exact) mass is 733 g/mol. The van der Waals surface area contributed by atoms with Crippen molar-refractivity contribution in [2.75, 3.05) is 13.2 Å². The number of sulfonamides is 1. The molecule has 12 heteroatoms. The number of ether oxygens (including phenoxy) is 2. The highest BCUT2D eigenvalue weighted by Gasteiger charge is 2.61. The number of ketones is 1. The van der Waals surface area contributed by atoms with Gasteiger partial charge in [-0.2, -0.15) is 0 Å². The van der Waals surface area contributed by atoms with E-state index in [1.54, 1.807) is 17.2 Å². The molecule has 2 aliphatic heterocycles. The van der Waals surface area contributed by atoms with Crippen LogP contribution in [0.15, 0.2) is 43.1 Å². The van der Waals surface area contributed by atoms with Gasteiger partial charge in [0.05, 0.1) is 42.2 Å². The number of nitrogens with one attached hydrogen (secondary N) is 1. The quantitative estimate of drug-likeness (QED) is 0.276. The predicted molar refractivity (Wildman–Crippen MR) is 194 cm³/mol. The molecule has 5 atom stereocenters. The highest BCUT2D eigenvalue weighted by molar-refractivity contribution is 7.90. The number of aromatic nitrogens is 1. The number of hydrogen-bond acceptors (Lipinski definition) is 9. The van der Waals surface area contributed by atoms with Crippen LogP contribution in [0.4, 0.5) is 0 Å². The Balaban J connectivity index is 1.21. The number of nitrogens with zero attached hydrogens (tertiary/aromatic N) is 2. The van der Waals surface area contributed by atoms with E-state index in [1.807, 2.05) is 12.1 Å². The molecule has 3 heterocycles. The van der Waals surface area contributed by atoms with Gasteiger partial charge < -0.3 is 14.4 Å². The summed E-state index contributed by atoms with van der Waals surface area (Å²) in [7, 11) is -3.83. The summed E-state index contributed by atoms with van der Waals surface area (Å²) in [5.41, 5.74) is -0.383. The predicted octanol–water partition coefficient (Wildman–Crippen LogP) is 5.45. The van der Waals surface area contributed by atoms with Gasteiger partial charge in [0.1, 0.15) is 6.10 Å². The van der Waals surface area contributed by atoms with Crippen molar-refractivity contribution in [1.82, 2.24) is 14.6 Å². The molecule has 5 aliphatic rings. The molecule has 0 unspecified atom stereocenters. The van der Waals surface area contributed by atoms with Crippen LogP contribution in [0.2, 0.25) is 0 Å². The second-order valence-corrected chi connectivity index (χ2v) is 18.7. The van der Waals surface area contributed by atoms with Crippen molar-refractivity contribution in [2.24, 2.45) is 28.6 Å². The van der Waals surface area contributed by atoms with Gasteiger partial charge in [0.2, 0.25) is 27.7 Å². The molecule has 0 radical (unpaired) electrons. The molecule has 280 valence electrons. The number of esters is 1. The van der Waals surface area contributed by atoms with E-state index in [0.717, 1.165) is 61.3 Å². The number of benzene rings is 1. The first-order chi connectivity index (χ1) is 24.8. The number of allylic oxidation sites excluding steroid dienone is 1. The summed E-state index contributed by atoms with van der Waals surface area (Å²) >= 11 is 0. The molecule has 1 N–H and O–H groups in total. The Morgan fingerprint density at radius 3 is 2.58 bits per heavy atom. The Morgan fingerprint density at radius 1 is 1.10 bits per heavy atom. The lowest BCUT2D eigenvalue weighted by Gasteiger charge is -2.31. The second kappa shape index (κ2) is 14.2. The zero-order chi connectivity index (χ0) is 36.8. The summed E-state index contributed by atoms with van der Waals surface area (Å²) in [5.74, 6) is -2.36. The number of hydrogen-bond donors (Lipinski definition) is 1. The number of fused-ring (bicyclic) bond motifs is 3. The summed E-state index contributed by atoms with van der Waals surface area (Å²) in [6.07, 6.45) is 9.99. The Labute approximate surface area is 306 Å². The minimum atomic E-state index is -3.83. The molecule has 4 bridgehead atoms. The van der Waals surface area contributed by atoms with Crippen LogP contribution < -0.4 is 9.46 Å². The molecule has 1 saturated heterocycles. The van der Waals surface area contributed by atoms with Crippen molar-refractivity contribution in [3.05, 3.63) is 48.7 Å². The first kappa shape index (κ1) is 36.6. The first-order valence-electron chi connectivity index (χ1n) is 19.0. The van der Waals surface area contributed by atoms with Gasteiger partial charge in [0.25, 0.3) is 0 Å². The van der Waals surface area contributed by atoms with Gasteiger partial charge in [-0.25, -0.2) is 13.4 Å². The standard InChI is InChI=1S/C40H51N3O8S/c1-4-28-21-40(28,38(47)42-52(48,49)30-13-14-30)22-34(44)33-19-29-23-43(33)37(46)32(26-9-5-6-10-26)20-35(45)50-24-39(2,3)16-7-8-25-11-12-27-15-17-41-36(51-29)31(27)18-25/h4,11-12,15,17-18,26,28-30,32-33H,1,5-10,13-14,16,19-24H2,2-3H3,(H,42,47)/t28-,29-,32+,33+,40-/m1/s1. The minimum Gasteiger partial charge on any atom is -0.472 e. The molecule has 0 spiro atoms. The molecule has 4 fully saturated rings. The van der Waals surface area contributed by atoms with Gasteiger partial charge in [0, 0.05) is 24.4 Å². The Kier molecular flexibility index (Phi) is 9.99. The van der Waals surface area contributed by atoms with Crippen LogP contribution in [0.1, 0.15) is 96.5 Å². The summed E-state index contributed by atoms with van der Waals surface area (Å²) < 4.78 is 40.2. The summed E-state index contributed by atoms with van der Waals surface area (Å²) in [4.78, 5) is 62.3. The molecule has 2 amide bonds. The maximum Gasteiger partial charge on any atom is 0.306 e. The number of cyclic esters (lactones) is 1. The van der Waals surface area contributed by atoms with Crippen LogP contribution >= 0.6 is 0 Å². The van der Waals surface area contributed by atoms with Crippen LogP contribution in [0.25, 0.3) is 10.8 Å². The van der Waals surface area contributed by atoms with E-state index in [0.29, 0.717) is 25.1 Å². The van der Waals surface area contributed by atoms with Crippen LogP contribution in [0.5, 0.6) is 5.88 Å². The van der Waals surface area contributed by atoms with E-state index in [4.69, 9.17) is 9.47 Å². The fourth-order valence-electron chi connectivity index (χ4n) is 8.72. The average molecular weight is 734 g/mol. The summed E-state index contributed by atoms with van der Waals surface area (Å²) in [6, 6.07) is 7.23. The number of carbonyl (C=O) groups excluding carboxylic acids is 4. The van der Waals surface area contributed by atoms with Crippen molar-refractivity contribution in [2.45, 2.75) is 115 Å². The lowest BCUT2D eigenvalue weighted by atomic mass is 9.85. The third-order valence-corrected chi connectivity index (χ3v) is 14.0. The summed E-state index contributed by atoms with van der Waals surface area (Å²) in [6.45, 7) is 8.36. The normalized spacial score (nSPS) is 29.9. The van der Waals surface area contributed by atoms with E-state index < -0.39 is 50.6 Å². The zero-order valence-electron chi connectivity index (χ0n) is 30.3. The van der Waals surface area contributed by atoms with Gasteiger partial charge in [-0.05, 0) is 91.7 Å². The highest BCUT2D eigenvalue weighted by Crippen LogP contribution is 2.57. The third-order valence-electron chi connectivity index (χ3n) is 12.2. The van der Waals surface area contributed by atoms with E-state index in [-0.39, 0.29) is 61.4 Å². The smallest absolute Gasteiger partial charge is 0.306 e. The van der Waals surface area contributed by atoms with Crippen LogP contribution in [-0.2, 0) is 40.4 Å². The molecular weight excluding hydrogens is 683 g/mol. The Hall–Kier alpha value is -3.80.